The molecule has 2 aromatic carbocycles. The van der Waals surface area contributed by atoms with E-state index in [9.17, 15) is 31.9 Å². The number of aromatic nitrogens is 3. The molecule has 1 aliphatic heterocycles. The number of nitrogens with one attached hydrogen (secondary N) is 1. The summed E-state index contributed by atoms with van der Waals surface area (Å²) in [6.07, 6.45) is -4.45. The minimum absolute atomic E-state index is 0.0258. The fourth-order valence-corrected chi connectivity index (χ4v) is 5.38. The van der Waals surface area contributed by atoms with Gasteiger partial charge in [0, 0.05) is 43.2 Å². The summed E-state index contributed by atoms with van der Waals surface area (Å²) in [6.45, 7) is 1.92. The van der Waals surface area contributed by atoms with Crippen LogP contribution in [0.2, 0.25) is 0 Å². The summed E-state index contributed by atoms with van der Waals surface area (Å²) in [7, 11) is 1.57. The predicted molar refractivity (Wildman–Crippen MR) is 137 cm³/mol. The lowest BCUT2D eigenvalue weighted by Gasteiger charge is -2.39. The van der Waals surface area contributed by atoms with Gasteiger partial charge in [0.05, 0.1) is 12.1 Å². The topological polar surface area (TPSA) is 83.3 Å². The molecule has 1 fully saturated rings. The normalized spacial score (nSPS) is 18.1. The Kier molecular flexibility index (Phi) is 7.20. The first-order valence-corrected chi connectivity index (χ1v) is 13.0. The maximum Gasteiger partial charge on any atom is 0.416 e. The van der Waals surface area contributed by atoms with Crippen molar-refractivity contribution in [3.8, 4) is 0 Å². The maximum atomic E-state index is 14.1. The fraction of sp³-hybridized carbons (Fsp3) is 0.464. The second-order valence-electron chi connectivity index (χ2n) is 11.1. The third-order valence-electron chi connectivity index (χ3n) is 7.99. The van der Waals surface area contributed by atoms with Crippen LogP contribution in [0.25, 0.3) is 0 Å². The van der Waals surface area contributed by atoms with Crippen molar-refractivity contribution < 1.29 is 31.9 Å². The minimum atomic E-state index is -4.66. The molecule has 0 unspecified atom stereocenters. The number of anilines is 1. The molecular formula is C28H30F5N5O2. The van der Waals surface area contributed by atoms with Crippen molar-refractivity contribution >= 4 is 11.6 Å². The molecule has 2 N–H and O–H groups in total. The molecule has 12 heteroatoms. The van der Waals surface area contributed by atoms with Crippen LogP contribution in [0, 0.1) is 0 Å². The lowest BCUT2D eigenvalue weighted by atomic mass is 9.78. The molecule has 3 aromatic rings. The Morgan fingerprint density at radius 3 is 2.48 bits per heavy atom. The van der Waals surface area contributed by atoms with E-state index in [1.807, 2.05) is 6.92 Å². The summed E-state index contributed by atoms with van der Waals surface area (Å²) in [5.41, 5.74) is -2.68. The quantitative estimate of drug-likeness (QED) is 0.366. The van der Waals surface area contributed by atoms with Gasteiger partial charge < -0.3 is 19.9 Å². The minimum Gasteiger partial charge on any atom is -0.383 e. The van der Waals surface area contributed by atoms with Gasteiger partial charge in [0.15, 0.2) is 0 Å². The highest BCUT2D eigenvalue weighted by atomic mass is 19.4. The van der Waals surface area contributed by atoms with Gasteiger partial charge in [0.1, 0.15) is 17.8 Å². The zero-order valence-electron chi connectivity index (χ0n) is 22.1. The number of hydrogen-bond acceptors (Lipinski definition) is 5. The highest BCUT2D eigenvalue weighted by Gasteiger charge is 2.42. The Morgan fingerprint density at radius 2 is 1.88 bits per heavy atom. The molecule has 0 radical (unpaired) electrons. The largest absolute Gasteiger partial charge is 0.416 e. The van der Waals surface area contributed by atoms with Crippen molar-refractivity contribution in [1.82, 2.24) is 20.1 Å². The van der Waals surface area contributed by atoms with E-state index in [4.69, 9.17) is 0 Å². The summed E-state index contributed by atoms with van der Waals surface area (Å²) in [6, 6.07) is 8.62. The number of carbonyl (C=O) groups excluding carboxylic acids is 1. The van der Waals surface area contributed by atoms with Crippen molar-refractivity contribution in [3.63, 3.8) is 0 Å². The van der Waals surface area contributed by atoms with Crippen LogP contribution in [0.3, 0.4) is 0 Å². The molecule has 2 heterocycles. The van der Waals surface area contributed by atoms with Crippen LogP contribution >= 0.6 is 0 Å². The first-order valence-electron chi connectivity index (χ1n) is 13.0. The van der Waals surface area contributed by atoms with Gasteiger partial charge in [-0.3, -0.25) is 4.79 Å². The van der Waals surface area contributed by atoms with E-state index in [1.54, 1.807) is 7.05 Å². The van der Waals surface area contributed by atoms with Gasteiger partial charge in [0.2, 0.25) is 0 Å². The van der Waals surface area contributed by atoms with Crippen LogP contribution in [0.5, 0.6) is 0 Å². The highest BCUT2D eigenvalue weighted by molar-refractivity contribution is 6.10. The number of aliphatic hydroxyl groups is 1. The number of aryl methyl sites for hydroxylation is 1. The van der Waals surface area contributed by atoms with E-state index in [0.29, 0.717) is 11.1 Å². The monoisotopic (exact) mass is 563 g/mol. The van der Waals surface area contributed by atoms with Crippen LogP contribution in [0.4, 0.5) is 27.6 Å². The van der Waals surface area contributed by atoms with E-state index in [2.05, 4.69) is 15.5 Å². The highest BCUT2D eigenvalue weighted by Crippen LogP contribution is 2.40. The standard InChI is InChI=1S/C28H30F5N5O2/c1-26(7-4-8-26)34-14-18-10-20-21(22(11-18)28(31,32)33)15-38(24(20)39)19-6-3-5-17(9-19)12-27(40,25(29)30)13-23-36-35-16-37(23)2/h3,5-6,9-11,16,25,34,40H,4,7-8,12-15H2,1-2H3/t27-/m0/s1. The molecule has 7 nitrogen and oxygen atoms in total. The second-order valence-corrected chi connectivity index (χ2v) is 11.1. The predicted octanol–water partition coefficient (Wildman–Crippen LogP) is 4.81. The molecule has 1 amide bonds. The molecule has 214 valence electrons. The Balaban J connectivity index is 1.41. The zero-order valence-corrected chi connectivity index (χ0v) is 22.1. The Hall–Kier alpha value is -3.38. The third kappa shape index (κ3) is 5.46. The van der Waals surface area contributed by atoms with E-state index in [1.165, 1.54) is 46.1 Å². The van der Waals surface area contributed by atoms with Gasteiger partial charge in [-0.2, -0.15) is 13.2 Å². The van der Waals surface area contributed by atoms with Gasteiger partial charge in [-0.25, -0.2) is 8.78 Å². The second kappa shape index (κ2) is 10.2. The number of rotatable bonds is 9. The number of alkyl halides is 5. The molecule has 1 aliphatic carbocycles. The molecule has 1 aromatic heterocycles. The van der Waals surface area contributed by atoms with Gasteiger partial charge in [0.25, 0.3) is 12.3 Å². The van der Waals surface area contributed by atoms with Gasteiger partial charge in [-0.05, 0) is 67.1 Å². The van der Waals surface area contributed by atoms with Crippen LogP contribution < -0.4 is 10.2 Å². The smallest absolute Gasteiger partial charge is 0.383 e. The van der Waals surface area contributed by atoms with Gasteiger partial charge >= 0.3 is 6.18 Å². The Morgan fingerprint density at radius 1 is 1.12 bits per heavy atom. The van der Waals surface area contributed by atoms with E-state index in [0.717, 1.165) is 25.3 Å². The number of hydrogen-bond donors (Lipinski definition) is 2. The molecule has 0 spiro atoms. The van der Waals surface area contributed by atoms with Gasteiger partial charge in [-0.15, -0.1) is 10.2 Å². The number of halogens is 5. The number of fused-ring (bicyclic) bond motifs is 1. The molecular weight excluding hydrogens is 533 g/mol. The first kappa shape index (κ1) is 28.2. The molecule has 0 bridgehead atoms. The van der Waals surface area contributed by atoms with Crippen molar-refractivity contribution in [2.75, 3.05) is 4.90 Å². The van der Waals surface area contributed by atoms with Crippen molar-refractivity contribution in [1.29, 1.82) is 0 Å². The number of nitrogens with zero attached hydrogens (tertiary/aromatic N) is 4. The van der Waals surface area contributed by atoms with E-state index >= 15 is 0 Å². The lowest BCUT2D eigenvalue weighted by Crippen LogP contribution is -2.47. The van der Waals surface area contributed by atoms with Crippen molar-refractivity contribution in [2.45, 2.75) is 75.9 Å². The summed E-state index contributed by atoms with van der Waals surface area (Å²) < 4.78 is 71.7. The first-order chi connectivity index (χ1) is 18.8. The summed E-state index contributed by atoms with van der Waals surface area (Å²) >= 11 is 0. The van der Waals surface area contributed by atoms with Crippen LogP contribution in [0.1, 0.15) is 64.6 Å². The van der Waals surface area contributed by atoms with E-state index < -0.39 is 42.5 Å². The van der Waals surface area contributed by atoms with Crippen LogP contribution in [-0.4, -0.2) is 43.3 Å². The summed E-state index contributed by atoms with van der Waals surface area (Å²) in [5.74, 6) is -0.432. The Bertz CT molecular complexity index is 1420. The lowest BCUT2D eigenvalue weighted by molar-refractivity contribution is -0.138. The zero-order chi connectivity index (χ0) is 28.9. The van der Waals surface area contributed by atoms with Crippen LogP contribution in [0.15, 0.2) is 42.7 Å². The molecule has 0 saturated heterocycles. The molecule has 2 aliphatic rings. The molecule has 1 atom stereocenters. The van der Waals surface area contributed by atoms with Crippen molar-refractivity contribution in [2.24, 2.45) is 7.05 Å². The summed E-state index contributed by atoms with van der Waals surface area (Å²) in [5, 5.41) is 21.6. The van der Waals surface area contributed by atoms with Crippen molar-refractivity contribution in [3.05, 3.63) is 76.4 Å². The molecule has 40 heavy (non-hydrogen) atoms. The maximum absolute atomic E-state index is 14.1. The third-order valence-corrected chi connectivity index (χ3v) is 7.99. The molecule has 5 rings (SSSR count). The fourth-order valence-electron chi connectivity index (χ4n) is 5.38. The van der Waals surface area contributed by atoms with Crippen LogP contribution in [-0.2, 0) is 39.2 Å². The SMILES string of the molecule is Cn1cnnc1C[C@@](O)(Cc1cccc(N2Cc3c(cc(CNC4(C)CCC4)cc3C(F)(F)F)C2=O)c1)C(F)F. The number of amides is 1. The van der Waals surface area contributed by atoms with Gasteiger partial charge in [-0.1, -0.05) is 12.1 Å². The summed E-state index contributed by atoms with van der Waals surface area (Å²) in [4.78, 5) is 14.6. The Labute approximate surface area is 228 Å². The molecule has 1 saturated carbocycles. The number of benzene rings is 2. The average Bonchev–Trinajstić information content (AvgIpc) is 3.42. The average molecular weight is 564 g/mol. The number of carbonyl (C=O) groups is 1. The van der Waals surface area contributed by atoms with E-state index in [-0.39, 0.29) is 41.3 Å².